The number of esters is 2. The molecule has 0 aromatic heterocycles. The monoisotopic (exact) mass is 646 g/mol. The lowest BCUT2D eigenvalue weighted by Gasteiger charge is -2.44. The molecule has 8 heteroatoms. The fourth-order valence-electron chi connectivity index (χ4n) is 6.47. The average molecular weight is 647 g/mol. The second kappa shape index (κ2) is 15.8. The number of fused-ring (bicyclic) bond motifs is 1. The van der Waals surface area contributed by atoms with E-state index in [1.165, 1.54) is 17.7 Å². The number of ether oxygens (including phenoxy) is 2. The molecule has 2 aromatic carbocycles. The van der Waals surface area contributed by atoms with Crippen molar-refractivity contribution < 1.29 is 39.5 Å². The van der Waals surface area contributed by atoms with Gasteiger partial charge in [0.1, 0.15) is 23.4 Å². The minimum atomic E-state index is -1.11. The fraction of sp³-hybridized carbons (Fsp3) is 0.487. The first-order chi connectivity index (χ1) is 22.2. The van der Waals surface area contributed by atoms with Gasteiger partial charge in [0.15, 0.2) is 0 Å². The number of allylic oxidation sites excluding steroid dienone is 3. The number of hydrogen-bond acceptors (Lipinski definition) is 8. The van der Waals surface area contributed by atoms with Crippen molar-refractivity contribution in [2.45, 2.75) is 91.5 Å². The largest absolute Gasteiger partial charge is 0.508 e. The van der Waals surface area contributed by atoms with Crippen LogP contribution >= 0.6 is 0 Å². The van der Waals surface area contributed by atoms with Gasteiger partial charge in [-0.3, -0.25) is 9.59 Å². The first kappa shape index (κ1) is 36.0. The maximum absolute atomic E-state index is 13.1. The summed E-state index contributed by atoms with van der Waals surface area (Å²) in [5.41, 5.74) is 2.06. The van der Waals surface area contributed by atoms with Crippen molar-refractivity contribution in [3.05, 3.63) is 77.4 Å². The molecule has 0 amide bonds. The van der Waals surface area contributed by atoms with Crippen LogP contribution in [0.4, 0.5) is 0 Å². The molecule has 1 unspecified atom stereocenters. The van der Waals surface area contributed by atoms with E-state index >= 15 is 0 Å². The summed E-state index contributed by atoms with van der Waals surface area (Å²) in [4.78, 5) is 25.7. The average Bonchev–Trinajstić information content (AvgIpc) is 2.99. The van der Waals surface area contributed by atoms with Crippen molar-refractivity contribution in [1.29, 1.82) is 0 Å². The van der Waals surface area contributed by atoms with E-state index in [1.54, 1.807) is 42.5 Å². The van der Waals surface area contributed by atoms with Crippen molar-refractivity contribution in [3.8, 4) is 17.2 Å². The number of benzene rings is 2. The second-order valence-electron chi connectivity index (χ2n) is 14.0. The molecule has 0 saturated carbocycles. The zero-order valence-electron chi connectivity index (χ0n) is 28.1. The SMILES string of the molecule is CCC(C)(C)C(=O)O[C@H]1C[C@@H](C)C=C2C=C[C@H](C)[C@H](CC[C@@H](O)C[C@@H](O)CC(=O)Oc3cc(O)cc(/C=C/c4ccc(O)cc4)c3)C21. The topological polar surface area (TPSA) is 134 Å². The Morgan fingerprint density at radius 2 is 1.68 bits per heavy atom. The van der Waals surface area contributed by atoms with Gasteiger partial charge in [-0.25, -0.2) is 0 Å². The fourth-order valence-corrected chi connectivity index (χ4v) is 6.47. The first-order valence-corrected chi connectivity index (χ1v) is 16.7. The Morgan fingerprint density at radius 1 is 0.979 bits per heavy atom. The van der Waals surface area contributed by atoms with Crippen molar-refractivity contribution in [3.63, 3.8) is 0 Å². The Hall–Kier alpha value is -3.88. The molecule has 4 rings (SSSR count). The highest BCUT2D eigenvalue weighted by Crippen LogP contribution is 2.45. The van der Waals surface area contributed by atoms with Crippen LogP contribution in [0.1, 0.15) is 84.3 Å². The van der Waals surface area contributed by atoms with E-state index in [9.17, 15) is 30.0 Å². The summed E-state index contributed by atoms with van der Waals surface area (Å²) < 4.78 is 11.6. The van der Waals surface area contributed by atoms with Crippen LogP contribution in [0.15, 0.2) is 66.3 Å². The van der Waals surface area contributed by atoms with Crippen LogP contribution in [-0.4, -0.2) is 50.7 Å². The Balaban J connectivity index is 1.31. The van der Waals surface area contributed by atoms with Gasteiger partial charge in [0.25, 0.3) is 0 Å². The second-order valence-corrected chi connectivity index (χ2v) is 14.0. The molecular formula is C39H50O8. The lowest BCUT2D eigenvalue weighted by molar-refractivity contribution is -0.164. The van der Waals surface area contributed by atoms with Gasteiger partial charge in [-0.15, -0.1) is 0 Å². The van der Waals surface area contributed by atoms with Crippen molar-refractivity contribution in [2.75, 3.05) is 0 Å². The Kier molecular flexibility index (Phi) is 12.1. The molecule has 0 spiro atoms. The maximum atomic E-state index is 13.1. The third kappa shape index (κ3) is 10.1. The van der Waals surface area contributed by atoms with Gasteiger partial charge in [-0.2, -0.15) is 0 Å². The van der Waals surface area contributed by atoms with Gasteiger partial charge >= 0.3 is 11.9 Å². The smallest absolute Gasteiger partial charge is 0.313 e. The number of phenolic OH excluding ortho intramolecular Hbond substituents is 2. The lowest BCUT2D eigenvalue weighted by atomic mass is 9.65. The molecule has 47 heavy (non-hydrogen) atoms. The normalized spacial score (nSPS) is 23.9. The molecule has 0 heterocycles. The molecule has 0 bridgehead atoms. The van der Waals surface area contributed by atoms with Gasteiger partial charge in [-0.05, 0) is 105 Å². The maximum Gasteiger partial charge on any atom is 0.313 e. The zero-order chi connectivity index (χ0) is 34.3. The third-order valence-electron chi connectivity index (χ3n) is 9.58. The Bertz CT molecular complexity index is 1470. The minimum absolute atomic E-state index is 0.0141. The first-order valence-electron chi connectivity index (χ1n) is 16.7. The van der Waals surface area contributed by atoms with Gasteiger partial charge in [0, 0.05) is 12.0 Å². The predicted octanol–water partition coefficient (Wildman–Crippen LogP) is 7.21. The third-order valence-corrected chi connectivity index (χ3v) is 9.58. The molecule has 0 radical (unpaired) electrons. The summed E-state index contributed by atoms with van der Waals surface area (Å²) in [7, 11) is 0. The molecule has 8 nitrogen and oxygen atoms in total. The van der Waals surface area contributed by atoms with Crippen LogP contribution in [-0.2, 0) is 14.3 Å². The molecule has 254 valence electrons. The molecule has 0 saturated heterocycles. The van der Waals surface area contributed by atoms with Crippen molar-refractivity contribution in [1.82, 2.24) is 0 Å². The van der Waals surface area contributed by atoms with Crippen LogP contribution in [0.2, 0.25) is 0 Å². The van der Waals surface area contributed by atoms with E-state index in [4.69, 9.17) is 9.47 Å². The quantitative estimate of drug-likeness (QED) is 0.102. The van der Waals surface area contributed by atoms with E-state index in [-0.39, 0.29) is 65.8 Å². The van der Waals surface area contributed by atoms with E-state index in [1.807, 2.05) is 20.8 Å². The highest BCUT2D eigenvalue weighted by atomic mass is 16.5. The van der Waals surface area contributed by atoms with Crippen LogP contribution in [0.25, 0.3) is 12.2 Å². The summed E-state index contributed by atoms with van der Waals surface area (Å²) in [5.74, 6) is 0.0593. The summed E-state index contributed by atoms with van der Waals surface area (Å²) in [6.07, 6.45) is 10.2. The number of aliphatic hydroxyl groups is 2. The van der Waals surface area contributed by atoms with Gasteiger partial charge < -0.3 is 29.9 Å². The lowest BCUT2D eigenvalue weighted by Crippen LogP contribution is -2.43. The summed E-state index contributed by atoms with van der Waals surface area (Å²) in [6, 6.07) is 11.1. The van der Waals surface area contributed by atoms with Crippen LogP contribution in [0.3, 0.4) is 0 Å². The van der Waals surface area contributed by atoms with Crippen molar-refractivity contribution in [2.24, 2.45) is 29.1 Å². The molecular weight excluding hydrogens is 596 g/mol. The molecule has 2 aromatic rings. The predicted molar refractivity (Wildman–Crippen MR) is 182 cm³/mol. The minimum Gasteiger partial charge on any atom is -0.508 e. The summed E-state index contributed by atoms with van der Waals surface area (Å²) >= 11 is 0. The number of aromatic hydroxyl groups is 2. The van der Waals surface area contributed by atoms with E-state index in [0.29, 0.717) is 24.8 Å². The number of carbonyl (C=O) groups is 2. The van der Waals surface area contributed by atoms with E-state index in [2.05, 4.69) is 32.1 Å². The van der Waals surface area contributed by atoms with Crippen molar-refractivity contribution >= 4 is 24.1 Å². The Morgan fingerprint density at radius 3 is 2.38 bits per heavy atom. The summed E-state index contributed by atoms with van der Waals surface area (Å²) in [6.45, 7) is 10.1. The number of hydrogen-bond donors (Lipinski definition) is 4. The molecule has 2 aliphatic carbocycles. The van der Waals surface area contributed by atoms with Gasteiger partial charge in [0.05, 0.1) is 24.0 Å². The highest BCUT2D eigenvalue weighted by Gasteiger charge is 2.43. The zero-order valence-corrected chi connectivity index (χ0v) is 28.1. The molecule has 4 N–H and O–H groups in total. The van der Waals surface area contributed by atoms with Crippen LogP contribution in [0, 0.1) is 29.1 Å². The molecule has 0 aliphatic heterocycles. The number of phenols is 2. The van der Waals surface area contributed by atoms with E-state index in [0.717, 1.165) is 12.0 Å². The molecule has 2 aliphatic rings. The number of carbonyl (C=O) groups excluding carboxylic acids is 2. The number of rotatable bonds is 13. The molecule has 7 atom stereocenters. The molecule has 0 fully saturated rings. The van der Waals surface area contributed by atoms with Gasteiger partial charge in [-0.1, -0.05) is 63.3 Å². The van der Waals surface area contributed by atoms with Crippen LogP contribution < -0.4 is 4.74 Å². The van der Waals surface area contributed by atoms with E-state index < -0.39 is 23.6 Å². The summed E-state index contributed by atoms with van der Waals surface area (Å²) in [5, 5.41) is 41.1. The van der Waals surface area contributed by atoms with Gasteiger partial charge in [0.2, 0.25) is 0 Å². The van der Waals surface area contributed by atoms with Crippen LogP contribution in [0.5, 0.6) is 17.2 Å². The number of aliphatic hydroxyl groups excluding tert-OH is 2. The Labute approximate surface area is 278 Å². The highest BCUT2D eigenvalue weighted by molar-refractivity contribution is 5.76. The standard InChI is InChI=1S/C39H50O8/c1-6-39(4,5)38(45)47-35-18-24(2)17-28-12-7-25(3)34(37(28)35)16-15-30(41)21-32(43)23-36(44)46-33-20-27(19-31(42)22-33)9-8-26-10-13-29(40)14-11-26/h7-14,17,19-20,22,24-25,30,32,34-35,37,40-43H,6,15-16,18,21,23H2,1-5H3/b9-8+/t24-,25-,30+,32+,34-,35-,37?/m0/s1.